The lowest BCUT2D eigenvalue weighted by Gasteiger charge is -2.37. The summed E-state index contributed by atoms with van der Waals surface area (Å²) in [4.78, 5) is 0. The normalized spacial score (nSPS) is 39.7. The van der Waals surface area contributed by atoms with Crippen LogP contribution in [-0.4, -0.2) is 32.0 Å². The molecule has 3 unspecified atom stereocenters. The molecule has 2 aliphatic carbocycles. The fourth-order valence-corrected chi connectivity index (χ4v) is 4.02. The van der Waals surface area contributed by atoms with E-state index in [9.17, 15) is 0 Å². The van der Waals surface area contributed by atoms with Crippen molar-refractivity contribution in [1.29, 1.82) is 0 Å². The van der Waals surface area contributed by atoms with E-state index in [1.54, 1.807) is 0 Å². The zero-order valence-electron chi connectivity index (χ0n) is 10.7. The van der Waals surface area contributed by atoms with Crippen LogP contribution in [-0.2, 0) is 9.47 Å². The van der Waals surface area contributed by atoms with Crippen LogP contribution in [0, 0.1) is 17.8 Å². The van der Waals surface area contributed by atoms with Crippen LogP contribution in [0.25, 0.3) is 0 Å². The number of ether oxygens (including phenoxy) is 2. The van der Waals surface area contributed by atoms with Crippen molar-refractivity contribution in [1.82, 2.24) is 0 Å². The monoisotopic (exact) mass is 239 g/mol. The fraction of sp³-hybridized carbons (Fsp3) is 1.00. The standard InChI is InChI=1S/C14H25NO2/c15-10-14(3-5-16-6-4-14)17-9-13-8-11-1-2-12(13)7-11/h11-13H,1-10,15H2. The summed E-state index contributed by atoms with van der Waals surface area (Å²) in [5, 5.41) is 0. The van der Waals surface area contributed by atoms with Crippen LogP contribution in [0.5, 0.6) is 0 Å². The number of hydrogen-bond donors (Lipinski definition) is 1. The molecule has 3 heteroatoms. The Morgan fingerprint density at radius 2 is 2.00 bits per heavy atom. The van der Waals surface area contributed by atoms with Gasteiger partial charge >= 0.3 is 0 Å². The van der Waals surface area contributed by atoms with Crippen LogP contribution in [0.1, 0.15) is 38.5 Å². The van der Waals surface area contributed by atoms with Crippen molar-refractivity contribution in [3.8, 4) is 0 Å². The van der Waals surface area contributed by atoms with Crippen molar-refractivity contribution in [2.45, 2.75) is 44.1 Å². The molecule has 1 heterocycles. The fourth-order valence-electron chi connectivity index (χ4n) is 4.02. The van der Waals surface area contributed by atoms with Gasteiger partial charge in [-0.05, 0) is 37.0 Å². The predicted octanol–water partition coefficient (Wildman–Crippen LogP) is 1.95. The Balaban J connectivity index is 1.52. The number of rotatable bonds is 4. The molecule has 17 heavy (non-hydrogen) atoms. The lowest BCUT2D eigenvalue weighted by Crippen LogP contribution is -2.46. The molecule has 0 aromatic rings. The average Bonchev–Trinajstić information content (AvgIpc) is 3.00. The third-order valence-corrected chi connectivity index (χ3v) is 5.26. The van der Waals surface area contributed by atoms with Gasteiger partial charge in [0.2, 0.25) is 0 Å². The van der Waals surface area contributed by atoms with E-state index < -0.39 is 0 Å². The summed E-state index contributed by atoms with van der Waals surface area (Å²) in [7, 11) is 0. The van der Waals surface area contributed by atoms with Gasteiger partial charge in [0.1, 0.15) is 0 Å². The largest absolute Gasteiger partial charge is 0.381 e. The quantitative estimate of drug-likeness (QED) is 0.815. The molecule has 0 aromatic heterocycles. The van der Waals surface area contributed by atoms with Crippen molar-refractivity contribution >= 4 is 0 Å². The predicted molar refractivity (Wildman–Crippen MR) is 66.7 cm³/mol. The molecule has 2 bridgehead atoms. The summed E-state index contributed by atoms with van der Waals surface area (Å²) in [5.41, 5.74) is 5.85. The van der Waals surface area contributed by atoms with E-state index in [-0.39, 0.29) is 5.60 Å². The maximum Gasteiger partial charge on any atom is 0.0848 e. The first-order valence-corrected chi connectivity index (χ1v) is 7.23. The van der Waals surface area contributed by atoms with Gasteiger partial charge < -0.3 is 15.2 Å². The Labute approximate surface area is 104 Å². The van der Waals surface area contributed by atoms with Crippen LogP contribution in [0.3, 0.4) is 0 Å². The first kappa shape index (κ1) is 11.9. The summed E-state index contributed by atoms with van der Waals surface area (Å²) in [6.45, 7) is 3.22. The summed E-state index contributed by atoms with van der Waals surface area (Å²) >= 11 is 0. The Bertz CT molecular complexity index is 263. The third-order valence-electron chi connectivity index (χ3n) is 5.26. The summed E-state index contributed by atoms with van der Waals surface area (Å²) in [6.07, 6.45) is 7.73. The lowest BCUT2D eigenvalue weighted by molar-refractivity contribution is -0.117. The summed E-state index contributed by atoms with van der Waals surface area (Å²) < 4.78 is 11.7. The van der Waals surface area contributed by atoms with Crippen molar-refractivity contribution in [2.75, 3.05) is 26.4 Å². The van der Waals surface area contributed by atoms with E-state index in [0.717, 1.165) is 50.4 Å². The smallest absolute Gasteiger partial charge is 0.0848 e. The van der Waals surface area contributed by atoms with E-state index in [0.29, 0.717) is 6.54 Å². The molecule has 0 aromatic carbocycles. The molecule has 3 nitrogen and oxygen atoms in total. The molecular formula is C14H25NO2. The Morgan fingerprint density at radius 3 is 2.59 bits per heavy atom. The van der Waals surface area contributed by atoms with Gasteiger partial charge in [-0.25, -0.2) is 0 Å². The van der Waals surface area contributed by atoms with E-state index in [1.165, 1.54) is 25.7 Å². The molecule has 0 amide bonds. The van der Waals surface area contributed by atoms with Gasteiger partial charge in [0, 0.05) is 32.6 Å². The molecule has 1 saturated heterocycles. The molecule has 2 saturated carbocycles. The van der Waals surface area contributed by atoms with Gasteiger partial charge in [-0.1, -0.05) is 6.42 Å². The number of fused-ring (bicyclic) bond motifs is 2. The van der Waals surface area contributed by atoms with Crippen LogP contribution in [0.4, 0.5) is 0 Å². The van der Waals surface area contributed by atoms with Gasteiger partial charge in [-0.2, -0.15) is 0 Å². The minimum atomic E-state index is -0.0694. The second kappa shape index (κ2) is 4.87. The second-order valence-electron chi connectivity index (χ2n) is 6.25. The van der Waals surface area contributed by atoms with Gasteiger partial charge in [0.15, 0.2) is 0 Å². The molecular weight excluding hydrogens is 214 g/mol. The highest BCUT2D eigenvalue weighted by Crippen LogP contribution is 2.48. The molecule has 2 N–H and O–H groups in total. The van der Waals surface area contributed by atoms with Crippen molar-refractivity contribution < 1.29 is 9.47 Å². The molecule has 3 aliphatic rings. The Morgan fingerprint density at radius 1 is 1.18 bits per heavy atom. The number of hydrogen-bond acceptors (Lipinski definition) is 3. The van der Waals surface area contributed by atoms with Gasteiger partial charge in [0.05, 0.1) is 12.2 Å². The highest BCUT2D eigenvalue weighted by atomic mass is 16.5. The second-order valence-corrected chi connectivity index (χ2v) is 6.25. The van der Waals surface area contributed by atoms with Gasteiger partial charge in [0.25, 0.3) is 0 Å². The molecule has 1 aliphatic heterocycles. The molecule has 3 fully saturated rings. The van der Waals surface area contributed by atoms with Crippen molar-refractivity contribution in [2.24, 2.45) is 23.5 Å². The van der Waals surface area contributed by atoms with Crippen LogP contribution in [0.2, 0.25) is 0 Å². The summed E-state index contributed by atoms with van der Waals surface area (Å²) in [5.74, 6) is 2.78. The molecule has 0 spiro atoms. The van der Waals surface area contributed by atoms with Gasteiger partial charge in [-0.3, -0.25) is 0 Å². The number of nitrogens with two attached hydrogens (primary N) is 1. The Kier molecular flexibility index (Phi) is 3.42. The maximum absolute atomic E-state index is 6.25. The van der Waals surface area contributed by atoms with Crippen LogP contribution in [0.15, 0.2) is 0 Å². The van der Waals surface area contributed by atoms with E-state index >= 15 is 0 Å². The SMILES string of the molecule is NCC1(OCC2CC3CCC2C3)CCOCC1. The van der Waals surface area contributed by atoms with Gasteiger partial charge in [-0.15, -0.1) is 0 Å². The van der Waals surface area contributed by atoms with E-state index in [1.807, 2.05) is 0 Å². The van der Waals surface area contributed by atoms with Crippen LogP contribution >= 0.6 is 0 Å². The minimum Gasteiger partial charge on any atom is -0.381 e. The zero-order valence-corrected chi connectivity index (χ0v) is 10.7. The first-order valence-electron chi connectivity index (χ1n) is 7.23. The van der Waals surface area contributed by atoms with Crippen molar-refractivity contribution in [3.63, 3.8) is 0 Å². The Hall–Kier alpha value is -0.120. The topological polar surface area (TPSA) is 44.5 Å². The summed E-state index contributed by atoms with van der Waals surface area (Å²) in [6, 6.07) is 0. The van der Waals surface area contributed by atoms with Crippen molar-refractivity contribution in [3.05, 3.63) is 0 Å². The molecule has 0 radical (unpaired) electrons. The zero-order chi connectivity index (χ0) is 11.7. The van der Waals surface area contributed by atoms with E-state index in [2.05, 4.69) is 0 Å². The highest BCUT2D eigenvalue weighted by molar-refractivity contribution is 4.91. The molecule has 3 atom stereocenters. The maximum atomic E-state index is 6.25. The minimum absolute atomic E-state index is 0.0694. The highest BCUT2D eigenvalue weighted by Gasteiger charge is 2.41. The van der Waals surface area contributed by atoms with Crippen LogP contribution < -0.4 is 5.73 Å². The average molecular weight is 239 g/mol. The molecule has 98 valence electrons. The third kappa shape index (κ3) is 2.38. The first-order chi connectivity index (χ1) is 8.31. The van der Waals surface area contributed by atoms with E-state index in [4.69, 9.17) is 15.2 Å². The lowest BCUT2D eigenvalue weighted by atomic mass is 9.88. The molecule has 3 rings (SSSR count).